The van der Waals surface area contributed by atoms with E-state index in [9.17, 15) is 19.2 Å². The lowest BCUT2D eigenvalue weighted by Crippen LogP contribution is -2.42. The molecule has 8 nitrogen and oxygen atoms in total. The van der Waals surface area contributed by atoms with E-state index in [2.05, 4.69) is 5.32 Å². The average Bonchev–Trinajstić information content (AvgIpc) is 3.34. The number of fused-ring (bicyclic) bond motifs is 1. The van der Waals surface area contributed by atoms with E-state index in [1.165, 1.54) is 4.90 Å². The summed E-state index contributed by atoms with van der Waals surface area (Å²) in [6.45, 7) is 1.74. The summed E-state index contributed by atoms with van der Waals surface area (Å²) in [6.07, 6.45) is 4.51. The smallest absolute Gasteiger partial charge is 0.311 e. The van der Waals surface area contributed by atoms with Gasteiger partial charge < -0.3 is 19.9 Å². The molecule has 1 aliphatic carbocycles. The molecule has 0 aromatic heterocycles. The van der Waals surface area contributed by atoms with E-state index < -0.39 is 24.4 Å². The lowest BCUT2D eigenvalue weighted by molar-refractivity contribution is -0.152. The summed E-state index contributed by atoms with van der Waals surface area (Å²) in [4.78, 5) is 53.2. The third-order valence-electron chi connectivity index (χ3n) is 6.22. The number of amides is 3. The number of carbonyl (C=O) groups is 4. The molecule has 4 rings (SSSR count). The molecule has 3 amide bonds. The van der Waals surface area contributed by atoms with Gasteiger partial charge in [-0.3, -0.25) is 19.2 Å². The fraction of sp³-hybridized carbons (Fsp3) is 0.545. The van der Waals surface area contributed by atoms with Crippen LogP contribution < -0.4 is 10.2 Å². The number of nitrogens with zero attached hydrogens (tertiary/aromatic N) is 2. The predicted octanol–water partition coefficient (Wildman–Crippen LogP) is 2.08. The minimum atomic E-state index is -0.525. The zero-order valence-corrected chi connectivity index (χ0v) is 17.1. The maximum absolute atomic E-state index is 12.9. The van der Waals surface area contributed by atoms with Crippen LogP contribution in [0.25, 0.3) is 0 Å². The molecule has 0 spiro atoms. The minimum absolute atomic E-state index is 0.00479. The second kappa shape index (κ2) is 8.45. The van der Waals surface area contributed by atoms with E-state index in [0.29, 0.717) is 17.9 Å². The second-order valence-electron chi connectivity index (χ2n) is 8.38. The van der Waals surface area contributed by atoms with Crippen molar-refractivity contribution in [3.05, 3.63) is 24.3 Å². The van der Waals surface area contributed by atoms with Gasteiger partial charge in [0.1, 0.15) is 0 Å². The number of nitrogens with one attached hydrogen (secondary N) is 1. The molecule has 1 aromatic rings. The predicted molar refractivity (Wildman–Crippen MR) is 110 cm³/mol. The van der Waals surface area contributed by atoms with Gasteiger partial charge in [-0.05, 0) is 31.9 Å². The first-order valence-electron chi connectivity index (χ1n) is 10.6. The Morgan fingerprint density at radius 2 is 1.87 bits per heavy atom. The van der Waals surface area contributed by atoms with Crippen LogP contribution in [0.5, 0.6) is 0 Å². The first-order chi connectivity index (χ1) is 14.4. The zero-order valence-electron chi connectivity index (χ0n) is 17.1. The van der Waals surface area contributed by atoms with E-state index in [4.69, 9.17) is 4.74 Å². The van der Waals surface area contributed by atoms with Crippen molar-refractivity contribution >= 4 is 35.1 Å². The van der Waals surface area contributed by atoms with E-state index in [0.717, 1.165) is 25.7 Å². The Balaban J connectivity index is 1.39. The Kier molecular flexibility index (Phi) is 5.74. The number of ether oxygens (including phenoxy) is 1. The molecule has 0 bridgehead atoms. The van der Waals surface area contributed by atoms with Crippen molar-refractivity contribution in [2.45, 2.75) is 57.5 Å². The van der Waals surface area contributed by atoms with E-state index in [1.807, 2.05) is 4.90 Å². The molecule has 2 fully saturated rings. The Morgan fingerprint density at radius 3 is 2.63 bits per heavy atom. The summed E-state index contributed by atoms with van der Waals surface area (Å²) in [5, 5.41) is 2.80. The van der Waals surface area contributed by atoms with Gasteiger partial charge in [0.2, 0.25) is 11.8 Å². The van der Waals surface area contributed by atoms with Gasteiger partial charge in [0.25, 0.3) is 5.91 Å². The summed E-state index contributed by atoms with van der Waals surface area (Å²) in [7, 11) is 0. The first kappa shape index (κ1) is 20.4. The lowest BCUT2D eigenvalue weighted by Gasteiger charge is -2.27. The van der Waals surface area contributed by atoms with Crippen LogP contribution in [-0.2, 0) is 23.9 Å². The average molecular weight is 413 g/mol. The first-order valence-corrected chi connectivity index (χ1v) is 10.6. The molecule has 0 unspecified atom stereocenters. The van der Waals surface area contributed by atoms with E-state index in [-0.39, 0.29) is 36.7 Å². The van der Waals surface area contributed by atoms with Crippen molar-refractivity contribution in [3.8, 4) is 0 Å². The Bertz CT molecular complexity index is 864. The van der Waals surface area contributed by atoms with Gasteiger partial charge in [0.05, 0.1) is 17.3 Å². The molecule has 0 radical (unpaired) electrons. The second-order valence-corrected chi connectivity index (χ2v) is 8.38. The number of para-hydroxylation sites is 2. The van der Waals surface area contributed by atoms with Gasteiger partial charge in [-0.15, -0.1) is 0 Å². The van der Waals surface area contributed by atoms with Gasteiger partial charge in [-0.2, -0.15) is 0 Å². The third kappa shape index (κ3) is 4.04. The highest BCUT2D eigenvalue weighted by molar-refractivity contribution is 6.05. The molecule has 1 saturated carbocycles. The number of benzene rings is 1. The summed E-state index contributed by atoms with van der Waals surface area (Å²) >= 11 is 0. The number of esters is 1. The fourth-order valence-corrected chi connectivity index (χ4v) is 4.75. The van der Waals surface area contributed by atoms with Crippen LogP contribution in [0, 0.1) is 5.92 Å². The topological polar surface area (TPSA) is 96.0 Å². The zero-order chi connectivity index (χ0) is 21.3. The fourth-order valence-electron chi connectivity index (χ4n) is 4.75. The normalized spacial score (nSPS) is 24.4. The van der Waals surface area contributed by atoms with Crippen molar-refractivity contribution in [2.24, 2.45) is 5.92 Å². The Labute approximate surface area is 175 Å². The third-order valence-corrected chi connectivity index (χ3v) is 6.22. The molecule has 8 heteroatoms. The SMILES string of the molecule is C[C@H]1CC(=O)Nc2ccccc2N1C(=O)COC(=O)[C@@H]1CC(=O)N(C2CCCC2)C1. The molecule has 30 heavy (non-hydrogen) atoms. The number of hydrogen-bond donors (Lipinski definition) is 1. The van der Waals surface area contributed by atoms with Crippen LogP contribution in [0.1, 0.15) is 45.4 Å². The Hall–Kier alpha value is -2.90. The van der Waals surface area contributed by atoms with Crippen molar-refractivity contribution in [1.29, 1.82) is 0 Å². The van der Waals surface area contributed by atoms with Crippen LogP contribution in [0.4, 0.5) is 11.4 Å². The summed E-state index contributed by atoms with van der Waals surface area (Å²) < 4.78 is 5.32. The van der Waals surface area contributed by atoms with Crippen molar-refractivity contribution in [1.82, 2.24) is 4.90 Å². The van der Waals surface area contributed by atoms with E-state index in [1.54, 1.807) is 31.2 Å². The van der Waals surface area contributed by atoms with Crippen molar-refractivity contribution < 1.29 is 23.9 Å². The number of hydrogen-bond acceptors (Lipinski definition) is 5. The van der Waals surface area contributed by atoms with E-state index >= 15 is 0 Å². The van der Waals surface area contributed by atoms with Gasteiger partial charge in [-0.25, -0.2) is 0 Å². The number of anilines is 2. The standard InChI is InChI=1S/C22H27N3O5/c1-14-10-19(26)23-17-8-4-5-9-18(17)25(14)21(28)13-30-22(29)15-11-20(27)24(12-15)16-6-2-3-7-16/h4-5,8-9,14-16H,2-3,6-7,10-13H2,1H3,(H,23,26)/t14-,15+/m0/s1. The van der Waals surface area contributed by atoms with Crippen LogP contribution in [-0.4, -0.2) is 53.8 Å². The van der Waals surface area contributed by atoms with Gasteiger partial charge in [-0.1, -0.05) is 25.0 Å². The molecule has 2 heterocycles. The summed E-state index contributed by atoms with van der Waals surface area (Å²) in [5.41, 5.74) is 1.14. The Morgan fingerprint density at radius 1 is 1.13 bits per heavy atom. The molecule has 3 aliphatic rings. The van der Waals surface area contributed by atoms with Gasteiger partial charge in [0, 0.05) is 31.5 Å². The highest BCUT2D eigenvalue weighted by Crippen LogP contribution is 2.32. The van der Waals surface area contributed by atoms with Crippen LogP contribution >= 0.6 is 0 Å². The molecular weight excluding hydrogens is 386 g/mol. The molecule has 1 N–H and O–H groups in total. The van der Waals surface area contributed by atoms with Crippen molar-refractivity contribution in [2.75, 3.05) is 23.4 Å². The maximum atomic E-state index is 12.9. The van der Waals surface area contributed by atoms with Crippen LogP contribution in [0.2, 0.25) is 0 Å². The molecule has 1 aromatic carbocycles. The summed E-state index contributed by atoms with van der Waals surface area (Å²) in [6, 6.07) is 6.93. The monoisotopic (exact) mass is 413 g/mol. The van der Waals surface area contributed by atoms with Crippen molar-refractivity contribution in [3.63, 3.8) is 0 Å². The highest BCUT2D eigenvalue weighted by atomic mass is 16.5. The summed E-state index contributed by atoms with van der Waals surface area (Å²) in [5.74, 6) is -1.60. The molecule has 2 atom stereocenters. The van der Waals surface area contributed by atoms with Crippen LogP contribution in [0.3, 0.4) is 0 Å². The number of carbonyl (C=O) groups excluding carboxylic acids is 4. The molecule has 160 valence electrons. The molecular formula is C22H27N3O5. The number of rotatable bonds is 4. The maximum Gasteiger partial charge on any atom is 0.311 e. The largest absolute Gasteiger partial charge is 0.455 e. The van der Waals surface area contributed by atoms with Crippen LogP contribution in [0.15, 0.2) is 24.3 Å². The number of likely N-dealkylation sites (tertiary alicyclic amines) is 1. The quantitative estimate of drug-likeness (QED) is 0.763. The van der Waals surface area contributed by atoms with Gasteiger partial charge >= 0.3 is 5.97 Å². The molecule has 2 aliphatic heterocycles. The minimum Gasteiger partial charge on any atom is -0.455 e. The van der Waals surface area contributed by atoms with Gasteiger partial charge in [0.15, 0.2) is 6.61 Å². The highest BCUT2D eigenvalue weighted by Gasteiger charge is 2.40. The lowest BCUT2D eigenvalue weighted by atomic mass is 10.1. The molecule has 1 saturated heterocycles.